The Bertz CT molecular complexity index is 875. The van der Waals surface area contributed by atoms with Crippen molar-refractivity contribution in [2.24, 2.45) is 0 Å². The second kappa shape index (κ2) is 5.98. The topological polar surface area (TPSA) is 63.2 Å². The summed E-state index contributed by atoms with van der Waals surface area (Å²) in [7, 11) is -4.85. The van der Waals surface area contributed by atoms with Crippen LogP contribution in [0.15, 0.2) is 53.4 Å². The Labute approximate surface area is 138 Å². The van der Waals surface area contributed by atoms with E-state index in [1.165, 1.54) is 24.3 Å². The number of carbonyl (C=O) groups excluding carboxylic acids is 1. The van der Waals surface area contributed by atoms with E-state index in [1.807, 2.05) is 0 Å². The van der Waals surface area contributed by atoms with Gasteiger partial charge in [-0.15, -0.1) is 3.89 Å². The van der Waals surface area contributed by atoms with Crippen LogP contribution in [0.1, 0.15) is 28.8 Å². The fourth-order valence-electron chi connectivity index (χ4n) is 2.66. The molecule has 7 heteroatoms. The van der Waals surface area contributed by atoms with Crippen LogP contribution in [0.4, 0.5) is 8.28 Å². The van der Waals surface area contributed by atoms with Crippen molar-refractivity contribution in [3.05, 3.63) is 65.5 Å². The average Bonchev–Trinajstić information content (AvgIpc) is 3.34. The maximum Gasteiger partial charge on any atom is 0.332 e. The van der Waals surface area contributed by atoms with Gasteiger partial charge in [0, 0.05) is 17.5 Å². The van der Waals surface area contributed by atoms with Crippen LogP contribution in [-0.2, 0) is 15.6 Å². The molecule has 0 atom stereocenters. The number of halogens is 2. The molecule has 0 bridgehead atoms. The molecule has 4 nitrogen and oxygen atoms in total. The summed E-state index contributed by atoms with van der Waals surface area (Å²) >= 11 is 0. The minimum atomic E-state index is -4.85. The predicted octanol–water partition coefficient (Wildman–Crippen LogP) is 2.95. The summed E-state index contributed by atoms with van der Waals surface area (Å²) in [5.74, 6) is -0.795. The molecule has 126 valence electrons. The number of rotatable bonds is 5. The molecule has 1 aliphatic carbocycles. The Morgan fingerprint density at radius 2 is 1.79 bits per heavy atom. The molecule has 0 aliphatic heterocycles. The van der Waals surface area contributed by atoms with Crippen LogP contribution in [0.3, 0.4) is 0 Å². The summed E-state index contributed by atoms with van der Waals surface area (Å²) in [4.78, 5) is 11.6. The third kappa shape index (κ3) is 3.46. The predicted molar refractivity (Wildman–Crippen MR) is 84.4 cm³/mol. The summed E-state index contributed by atoms with van der Waals surface area (Å²) in [6.45, 7) is 0.351. The first-order chi connectivity index (χ1) is 11.3. The molecule has 0 aromatic heterocycles. The molecular weight excluding hydrogens is 336 g/mol. The maximum absolute atomic E-state index is 13.0. The number of nitrogens with one attached hydrogen (secondary N) is 1. The van der Waals surface area contributed by atoms with E-state index in [1.54, 1.807) is 12.1 Å². The lowest BCUT2D eigenvalue weighted by atomic mass is 9.96. The van der Waals surface area contributed by atoms with Gasteiger partial charge < -0.3 is 5.32 Å². The lowest BCUT2D eigenvalue weighted by molar-refractivity contribution is 0.0949. The normalized spacial score (nSPS) is 15.8. The largest absolute Gasteiger partial charge is 0.351 e. The number of carbonyl (C=O) groups is 1. The summed E-state index contributed by atoms with van der Waals surface area (Å²) in [5.41, 5.74) is 0.806. The molecule has 1 amide bonds. The summed E-state index contributed by atoms with van der Waals surface area (Å²) in [5, 5.41) is 2.74. The molecule has 1 saturated carbocycles. The SMILES string of the molecule is O=C(NCC1(c2ccc(F)cc2)CC1)c1cccc(S(=O)(=O)F)c1. The Balaban J connectivity index is 1.71. The van der Waals surface area contributed by atoms with Crippen molar-refractivity contribution in [2.45, 2.75) is 23.2 Å². The Morgan fingerprint density at radius 1 is 1.12 bits per heavy atom. The highest BCUT2D eigenvalue weighted by Crippen LogP contribution is 2.47. The van der Waals surface area contributed by atoms with E-state index < -0.39 is 21.0 Å². The quantitative estimate of drug-likeness (QED) is 0.843. The van der Waals surface area contributed by atoms with Crippen molar-refractivity contribution in [2.75, 3.05) is 6.54 Å². The molecule has 24 heavy (non-hydrogen) atoms. The van der Waals surface area contributed by atoms with E-state index in [2.05, 4.69) is 5.32 Å². The van der Waals surface area contributed by atoms with Crippen LogP contribution in [-0.4, -0.2) is 20.9 Å². The van der Waals surface area contributed by atoms with E-state index >= 15 is 0 Å². The molecule has 0 unspecified atom stereocenters. The van der Waals surface area contributed by atoms with Gasteiger partial charge in [-0.05, 0) is 48.7 Å². The summed E-state index contributed by atoms with van der Waals surface area (Å²) in [6.07, 6.45) is 1.75. The number of amides is 1. The lowest BCUT2D eigenvalue weighted by Crippen LogP contribution is -2.32. The highest BCUT2D eigenvalue weighted by molar-refractivity contribution is 7.86. The van der Waals surface area contributed by atoms with Crippen molar-refractivity contribution >= 4 is 16.1 Å². The maximum atomic E-state index is 13.0. The smallest absolute Gasteiger partial charge is 0.332 e. The van der Waals surface area contributed by atoms with Gasteiger partial charge in [-0.2, -0.15) is 8.42 Å². The van der Waals surface area contributed by atoms with Gasteiger partial charge in [-0.3, -0.25) is 4.79 Å². The average molecular weight is 351 g/mol. The standard InChI is InChI=1S/C17H15F2NO3S/c18-14-6-4-13(5-7-14)17(8-9-17)11-20-16(21)12-2-1-3-15(10-12)24(19,22)23/h1-7,10H,8-9,11H2,(H,20,21). The number of hydrogen-bond acceptors (Lipinski definition) is 3. The van der Waals surface area contributed by atoms with Gasteiger partial charge in [0.25, 0.3) is 5.91 Å². The third-order valence-electron chi connectivity index (χ3n) is 4.28. The zero-order valence-electron chi connectivity index (χ0n) is 12.6. The van der Waals surface area contributed by atoms with E-state index in [0.717, 1.165) is 30.5 Å². The van der Waals surface area contributed by atoms with Crippen LogP contribution in [0, 0.1) is 5.82 Å². The fourth-order valence-corrected chi connectivity index (χ4v) is 3.17. The van der Waals surface area contributed by atoms with Crippen molar-refractivity contribution < 1.29 is 21.5 Å². The molecule has 1 aliphatic rings. The van der Waals surface area contributed by atoms with Crippen molar-refractivity contribution in [3.63, 3.8) is 0 Å². The first kappa shape index (κ1) is 16.6. The van der Waals surface area contributed by atoms with Gasteiger partial charge in [-0.25, -0.2) is 4.39 Å². The zero-order valence-corrected chi connectivity index (χ0v) is 13.4. The molecule has 0 radical (unpaired) electrons. The molecule has 2 aromatic rings. The summed E-state index contributed by atoms with van der Waals surface area (Å²) in [6, 6.07) is 11.0. The molecule has 0 heterocycles. The van der Waals surface area contributed by atoms with Crippen molar-refractivity contribution in [3.8, 4) is 0 Å². The van der Waals surface area contributed by atoms with Gasteiger partial charge in [0.05, 0.1) is 4.90 Å². The second-order valence-corrected chi connectivity index (χ2v) is 7.28. The summed E-state index contributed by atoms with van der Waals surface area (Å²) < 4.78 is 47.9. The molecule has 0 saturated heterocycles. The van der Waals surface area contributed by atoms with E-state index in [4.69, 9.17) is 0 Å². The Kier molecular flexibility index (Phi) is 4.13. The van der Waals surface area contributed by atoms with Gasteiger partial charge >= 0.3 is 10.2 Å². The number of benzene rings is 2. The third-order valence-corrected chi connectivity index (χ3v) is 5.09. The van der Waals surface area contributed by atoms with E-state index in [0.29, 0.717) is 6.54 Å². The van der Waals surface area contributed by atoms with Crippen molar-refractivity contribution in [1.29, 1.82) is 0 Å². The Morgan fingerprint density at radius 3 is 2.38 bits per heavy atom. The first-order valence-corrected chi connectivity index (χ1v) is 8.78. The van der Waals surface area contributed by atoms with Gasteiger partial charge in [0.15, 0.2) is 0 Å². The monoisotopic (exact) mass is 351 g/mol. The zero-order chi connectivity index (χ0) is 17.4. The molecule has 1 fully saturated rings. The second-order valence-electron chi connectivity index (χ2n) is 5.94. The van der Waals surface area contributed by atoms with Crippen LogP contribution < -0.4 is 5.32 Å². The van der Waals surface area contributed by atoms with E-state index in [-0.39, 0.29) is 16.8 Å². The molecule has 2 aromatic carbocycles. The lowest BCUT2D eigenvalue weighted by Gasteiger charge is -2.16. The van der Waals surface area contributed by atoms with Crippen LogP contribution in [0.5, 0.6) is 0 Å². The van der Waals surface area contributed by atoms with E-state index in [9.17, 15) is 21.5 Å². The molecule has 3 rings (SSSR count). The van der Waals surface area contributed by atoms with Crippen LogP contribution in [0.25, 0.3) is 0 Å². The fraction of sp³-hybridized carbons (Fsp3) is 0.235. The highest BCUT2D eigenvalue weighted by atomic mass is 32.3. The van der Waals surface area contributed by atoms with Crippen LogP contribution in [0.2, 0.25) is 0 Å². The van der Waals surface area contributed by atoms with Gasteiger partial charge in [0.1, 0.15) is 5.82 Å². The first-order valence-electron chi connectivity index (χ1n) is 7.39. The molecular formula is C17H15F2NO3S. The number of hydrogen-bond donors (Lipinski definition) is 1. The van der Waals surface area contributed by atoms with Crippen molar-refractivity contribution in [1.82, 2.24) is 5.32 Å². The van der Waals surface area contributed by atoms with Crippen LogP contribution >= 0.6 is 0 Å². The minimum Gasteiger partial charge on any atom is -0.351 e. The molecule has 1 N–H and O–H groups in total. The molecule has 0 spiro atoms. The Hall–Kier alpha value is -2.28. The highest BCUT2D eigenvalue weighted by Gasteiger charge is 2.44. The van der Waals surface area contributed by atoms with Gasteiger partial charge in [0.2, 0.25) is 0 Å². The van der Waals surface area contributed by atoms with Gasteiger partial charge in [-0.1, -0.05) is 18.2 Å². The minimum absolute atomic E-state index is 0.0728.